The van der Waals surface area contributed by atoms with Gasteiger partial charge in [0.15, 0.2) is 5.11 Å². The molecule has 1 heterocycles. The van der Waals surface area contributed by atoms with Crippen molar-refractivity contribution in [1.29, 1.82) is 0 Å². The van der Waals surface area contributed by atoms with Gasteiger partial charge in [-0.2, -0.15) is 0 Å². The Labute approximate surface area is 164 Å². The second-order valence-electron chi connectivity index (χ2n) is 7.08. The van der Waals surface area contributed by atoms with Crippen LogP contribution in [0.2, 0.25) is 5.02 Å². The van der Waals surface area contributed by atoms with Crippen molar-refractivity contribution in [2.24, 2.45) is 0 Å². The molecule has 6 heteroatoms. The molecule has 4 nitrogen and oxygen atoms in total. The van der Waals surface area contributed by atoms with E-state index in [0.29, 0.717) is 10.1 Å². The van der Waals surface area contributed by atoms with Crippen molar-refractivity contribution in [1.82, 2.24) is 5.32 Å². The van der Waals surface area contributed by atoms with Gasteiger partial charge < -0.3 is 20.1 Å². The molecule has 0 aromatic heterocycles. The van der Waals surface area contributed by atoms with Crippen LogP contribution in [-0.4, -0.2) is 17.8 Å². The minimum Gasteiger partial charge on any atom is -0.497 e. The van der Waals surface area contributed by atoms with Gasteiger partial charge in [-0.3, -0.25) is 0 Å². The average Bonchev–Trinajstić information content (AvgIpc) is 2.56. The molecule has 0 saturated carbocycles. The van der Waals surface area contributed by atoms with E-state index in [9.17, 15) is 0 Å². The van der Waals surface area contributed by atoms with Crippen LogP contribution in [0.25, 0.3) is 0 Å². The number of anilines is 1. The molecule has 0 fully saturated rings. The Morgan fingerprint density at radius 2 is 2.04 bits per heavy atom. The number of halogens is 1. The first kappa shape index (κ1) is 18.8. The third kappa shape index (κ3) is 4.22. The van der Waals surface area contributed by atoms with Gasteiger partial charge in [-0.1, -0.05) is 17.7 Å². The van der Waals surface area contributed by atoms with Gasteiger partial charge in [0.25, 0.3) is 0 Å². The summed E-state index contributed by atoms with van der Waals surface area (Å²) >= 11 is 11.7. The fourth-order valence-electron chi connectivity index (χ4n) is 3.08. The maximum absolute atomic E-state index is 6.19. The van der Waals surface area contributed by atoms with E-state index in [-0.39, 0.29) is 11.6 Å². The van der Waals surface area contributed by atoms with Gasteiger partial charge in [-0.05, 0) is 62.8 Å². The van der Waals surface area contributed by atoms with Gasteiger partial charge >= 0.3 is 0 Å². The van der Waals surface area contributed by atoms with Crippen LogP contribution in [0.3, 0.4) is 0 Å². The third-order valence-electron chi connectivity index (χ3n) is 4.41. The Balaban J connectivity index is 1.78. The summed E-state index contributed by atoms with van der Waals surface area (Å²) in [6, 6.07) is 11.7. The van der Waals surface area contributed by atoms with Gasteiger partial charge in [0, 0.05) is 28.8 Å². The second-order valence-corrected chi connectivity index (χ2v) is 7.90. The standard InChI is InChI=1S/C20H23ClN2O2S/c1-12-5-6-13(9-16(12)21)22-19(26)23-17-11-20(2,3)25-18-10-14(24-4)7-8-15(17)18/h5-10,17H,11H2,1-4H3,(H2,22,23,26)/t17-/m0/s1. The molecule has 0 saturated heterocycles. The summed E-state index contributed by atoms with van der Waals surface area (Å²) < 4.78 is 11.4. The quantitative estimate of drug-likeness (QED) is 0.701. The van der Waals surface area contributed by atoms with Crippen molar-refractivity contribution in [2.75, 3.05) is 12.4 Å². The van der Waals surface area contributed by atoms with Crippen LogP contribution in [0.15, 0.2) is 36.4 Å². The van der Waals surface area contributed by atoms with Crippen LogP contribution in [0.1, 0.15) is 37.4 Å². The number of nitrogens with one attached hydrogen (secondary N) is 2. The van der Waals surface area contributed by atoms with Crippen molar-refractivity contribution in [3.8, 4) is 11.5 Å². The first-order chi connectivity index (χ1) is 12.3. The highest BCUT2D eigenvalue weighted by Crippen LogP contribution is 2.41. The summed E-state index contributed by atoms with van der Waals surface area (Å²) in [5.41, 5.74) is 2.65. The zero-order valence-electron chi connectivity index (χ0n) is 15.4. The molecule has 2 aromatic carbocycles. The van der Waals surface area contributed by atoms with E-state index in [1.54, 1.807) is 7.11 Å². The smallest absolute Gasteiger partial charge is 0.171 e. The molecule has 2 aromatic rings. The first-order valence-electron chi connectivity index (χ1n) is 8.48. The van der Waals surface area contributed by atoms with E-state index in [4.69, 9.17) is 33.3 Å². The Morgan fingerprint density at radius 3 is 2.73 bits per heavy atom. The van der Waals surface area contributed by atoms with E-state index in [1.165, 1.54) is 0 Å². The maximum atomic E-state index is 6.19. The summed E-state index contributed by atoms with van der Waals surface area (Å²) in [5.74, 6) is 1.59. The van der Waals surface area contributed by atoms with Crippen molar-refractivity contribution in [3.05, 3.63) is 52.5 Å². The average molecular weight is 391 g/mol. The van der Waals surface area contributed by atoms with Crippen LogP contribution < -0.4 is 20.1 Å². The minimum atomic E-state index is -0.306. The predicted octanol–water partition coefficient (Wildman–Crippen LogP) is 5.25. The second kappa shape index (κ2) is 7.33. The lowest BCUT2D eigenvalue weighted by molar-refractivity contribution is 0.0693. The van der Waals surface area contributed by atoms with Crippen LogP contribution in [0.4, 0.5) is 5.69 Å². The molecule has 0 spiro atoms. The van der Waals surface area contributed by atoms with Gasteiger partial charge in [0.05, 0.1) is 13.2 Å². The number of rotatable bonds is 3. The molecule has 3 rings (SSSR count). The Hall–Kier alpha value is -1.98. The number of methoxy groups -OCH3 is 1. The van der Waals surface area contributed by atoms with Crippen LogP contribution >= 0.6 is 23.8 Å². The topological polar surface area (TPSA) is 42.5 Å². The Bertz CT molecular complexity index is 839. The molecule has 0 radical (unpaired) electrons. The highest BCUT2D eigenvalue weighted by atomic mass is 35.5. The maximum Gasteiger partial charge on any atom is 0.171 e. The molecule has 0 unspecified atom stereocenters. The van der Waals surface area contributed by atoms with Gasteiger partial charge in [-0.25, -0.2) is 0 Å². The normalized spacial score (nSPS) is 17.7. The molecule has 2 N–H and O–H groups in total. The number of hydrogen-bond donors (Lipinski definition) is 2. The number of fused-ring (bicyclic) bond motifs is 1. The summed E-state index contributed by atoms with van der Waals surface area (Å²) in [6.45, 7) is 6.11. The van der Waals surface area contributed by atoms with E-state index in [2.05, 4.69) is 24.5 Å². The summed E-state index contributed by atoms with van der Waals surface area (Å²) in [6.07, 6.45) is 0.794. The summed E-state index contributed by atoms with van der Waals surface area (Å²) in [7, 11) is 1.65. The zero-order chi connectivity index (χ0) is 18.9. The van der Waals surface area contributed by atoms with Crippen LogP contribution in [0, 0.1) is 6.92 Å². The monoisotopic (exact) mass is 390 g/mol. The van der Waals surface area contributed by atoms with Crippen LogP contribution in [-0.2, 0) is 0 Å². The number of aryl methyl sites for hydroxylation is 1. The fourth-order valence-corrected chi connectivity index (χ4v) is 3.52. The number of thiocarbonyl (C=S) groups is 1. The third-order valence-corrected chi connectivity index (χ3v) is 5.04. The molecule has 1 atom stereocenters. The number of ether oxygens (including phenoxy) is 2. The lowest BCUT2D eigenvalue weighted by Crippen LogP contribution is -2.42. The Morgan fingerprint density at radius 1 is 1.27 bits per heavy atom. The van der Waals surface area contributed by atoms with Gasteiger partial charge in [0.1, 0.15) is 17.1 Å². The lowest BCUT2D eigenvalue weighted by Gasteiger charge is -2.38. The zero-order valence-corrected chi connectivity index (χ0v) is 16.9. The molecular weight excluding hydrogens is 368 g/mol. The molecule has 1 aliphatic rings. The SMILES string of the molecule is COc1ccc2c(c1)OC(C)(C)C[C@@H]2NC(=S)Nc1ccc(C)c(Cl)c1. The highest BCUT2D eigenvalue weighted by molar-refractivity contribution is 7.80. The largest absolute Gasteiger partial charge is 0.497 e. The lowest BCUT2D eigenvalue weighted by atomic mass is 9.89. The number of hydrogen-bond acceptors (Lipinski definition) is 3. The molecule has 0 bridgehead atoms. The Kier molecular flexibility index (Phi) is 5.30. The first-order valence-corrected chi connectivity index (χ1v) is 9.27. The minimum absolute atomic E-state index is 0.0422. The van der Waals surface area contributed by atoms with Crippen molar-refractivity contribution in [3.63, 3.8) is 0 Å². The molecular formula is C20H23ClN2O2S. The van der Waals surface area contributed by atoms with Crippen LogP contribution in [0.5, 0.6) is 11.5 Å². The highest BCUT2D eigenvalue weighted by Gasteiger charge is 2.34. The summed E-state index contributed by atoms with van der Waals surface area (Å²) in [4.78, 5) is 0. The number of benzene rings is 2. The van der Waals surface area contributed by atoms with E-state index >= 15 is 0 Å². The van der Waals surface area contributed by atoms with Crippen molar-refractivity contribution < 1.29 is 9.47 Å². The predicted molar refractivity (Wildman–Crippen MR) is 111 cm³/mol. The molecule has 0 aliphatic carbocycles. The summed E-state index contributed by atoms with van der Waals surface area (Å²) in [5, 5.41) is 7.88. The molecule has 0 amide bonds. The van der Waals surface area contributed by atoms with Gasteiger partial charge in [0.2, 0.25) is 0 Å². The van der Waals surface area contributed by atoms with Crippen molar-refractivity contribution in [2.45, 2.75) is 38.8 Å². The van der Waals surface area contributed by atoms with Gasteiger partial charge in [-0.15, -0.1) is 0 Å². The molecule has 26 heavy (non-hydrogen) atoms. The molecule has 1 aliphatic heterocycles. The molecule has 138 valence electrons. The fraction of sp³-hybridized carbons (Fsp3) is 0.350. The van der Waals surface area contributed by atoms with E-state index < -0.39 is 0 Å². The van der Waals surface area contributed by atoms with E-state index in [0.717, 1.165) is 34.7 Å². The van der Waals surface area contributed by atoms with E-state index in [1.807, 2.05) is 43.3 Å². The van der Waals surface area contributed by atoms with Crippen molar-refractivity contribution >= 4 is 34.6 Å².